The molecule has 3 rings (SSSR count). The third kappa shape index (κ3) is 3.19. The summed E-state index contributed by atoms with van der Waals surface area (Å²) >= 11 is 0. The molecule has 1 saturated carbocycles. The van der Waals surface area contributed by atoms with Crippen molar-refractivity contribution < 1.29 is 18.7 Å². The van der Waals surface area contributed by atoms with E-state index in [0.29, 0.717) is 31.6 Å². The van der Waals surface area contributed by atoms with Gasteiger partial charge in [0.25, 0.3) is 0 Å². The number of benzene rings is 1. The van der Waals surface area contributed by atoms with Crippen LogP contribution in [-0.4, -0.2) is 30.1 Å². The second-order valence-electron chi connectivity index (χ2n) is 7.33. The van der Waals surface area contributed by atoms with E-state index in [1.807, 2.05) is 20.8 Å². The number of halogens is 2. The molecule has 1 aliphatic carbocycles. The van der Waals surface area contributed by atoms with E-state index < -0.39 is 22.7 Å². The lowest BCUT2D eigenvalue weighted by Crippen LogP contribution is -2.74. The van der Waals surface area contributed by atoms with E-state index in [1.165, 1.54) is 12.1 Å². The molecule has 1 heterocycles. The molecule has 6 nitrogen and oxygen atoms in total. The van der Waals surface area contributed by atoms with Gasteiger partial charge in [0.05, 0.1) is 11.8 Å². The summed E-state index contributed by atoms with van der Waals surface area (Å²) in [7, 11) is 0. The fourth-order valence-electron chi connectivity index (χ4n) is 3.55. The van der Waals surface area contributed by atoms with Crippen molar-refractivity contribution in [3.05, 3.63) is 23.5 Å². The van der Waals surface area contributed by atoms with E-state index in [1.54, 1.807) is 0 Å². The van der Waals surface area contributed by atoms with Gasteiger partial charge in [-0.2, -0.15) is 0 Å². The summed E-state index contributed by atoms with van der Waals surface area (Å²) in [6, 6.07) is 2.80. The molecule has 0 spiro atoms. The molecule has 0 aromatic heterocycles. The Hall–Kier alpha value is -1.70. The van der Waals surface area contributed by atoms with Crippen LogP contribution in [0.25, 0.3) is 0 Å². The maximum Gasteiger partial charge on any atom is 0.245 e. The summed E-state index contributed by atoms with van der Waals surface area (Å²) in [5.41, 5.74) is 5.88. The Bertz CT molecular complexity index is 741. The van der Waals surface area contributed by atoms with Gasteiger partial charge in [-0.25, -0.2) is 4.39 Å². The molecular formula is C18H25ClFN3O3. The van der Waals surface area contributed by atoms with Gasteiger partial charge in [-0.15, -0.1) is 12.4 Å². The number of hydrogen-bond donors (Lipinski definition) is 3. The highest BCUT2D eigenvalue weighted by Crippen LogP contribution is 2.50. The summed E-state index contributed by atoms with van der Waals surface area (Å²) in [6.45, 7) is 6.19. The monoisotopic (exact) mass is 385 g/mol. The number of carbonyl (C=O) groups excluding carboxylic acids is 2. The first kappa shape index (κ1) is 20.6. The highest BCUT2D eigenvalue weighted by molar-refractivity contribution is 6.01. The van der Waals surface area contributed by atoms with Gasteiger partial charge in [0, 0.05) is 30.6 Å². The Kier molecular flexibility index (Phi) is 5.66. The van der Waals surface area contributed by atoms with Crippen molar-refractivity contribution >= 4 is 35.6 Å². The molecule has 0 radical (unpaired) electrons. The minimum absolute atomic E-state index is 0. The molecule has 1 aliphatic heterocycles. The number of nitrogens with one attached hydrogen (secondary N) is 2. The minimum atomic E-state index is -1.14. The standard InChI is InChI=1S/C18H24FN3O3.ClH/c1-4-25-14-9-18(20,17(14,2)3)16(24)22-13-8-12-10(7-11(13)19)5-6-15(23)21-12;/h7-8,14H,4-6,9,20H2,1-3H3,(H,21,23)(H,22,24);1H. The fraction of sp³-hybridized carbons (Fsp3) is 0.556. The third-order valence-electron chi connectivity index (χ3n) is 5.57. The zero-order valence-electron chi connectivity index (χ0n) is 15.1. The van der Waals surface area contributed by atoms with Crippen LogP contribution in [0.4, 0.5) is 15.8 Å². The molecule has 26 heavy (non-hydrogen) atoms. The lowest BCUT2D eigenvalue weighted by atomic mass is 9.54. The molecular weight excluding hydrogens is 361 g/mol. The molecule has 0 saturated heterocycles. The molecule has 2 atom stereocenters. The van der Waals surface area contributed by atoms with Crippen LogP contribution in [0, 0.1) is 11.2 Å². The number of aryl methyl sites for hydroxylation is 1. The van der Waals surface area contributed by atoms with Gasteiger partial charge in [-0.3, -0.25) is 9.59 Å². The molecule has 1 aromatic carbocycles. The number of amides is 2. The quantitative estimate of drug-likeness (QED) is 0.742. The molecule has 2 amide bonds. The number of ether oxygens (including phenoxy) is 1. The number of anilines is 2. The fourth-order valence-corrected chi connectivity index (χ4v) is 3.55. The first-order chi connectivity index (χ1) is 11.7. The van der Waals surface area contributed by atoms with Gasteiger partial charge < -0.3 is 21.1 Å². The van der Waals surface area contributed by atoms with Crippen LogP contribution in [0.15, 0.2) is 12.1 Å². The second-order valence-corrected chi connectivity index (χ2v) is 7.33. The van der Waals surface area contributed by atoms with Crippen LogP contribution >= 0.6 is 12.4 Å². The Labute approximate surface area is 158 Å². The normalized spacial score (nSPS) is 26.0. The lowest BCUT2D eigenvalue weighted by molar-refractivity contribution is -0.166. The summed E-state index contributed by atoms with van der Waals surface area (Å²) in [6.07, 6.45) is 1.08. The molecule has 144 valence electrons. The molecule has 1 fully saturated rings. The molecule has 2 unspecified atom stereocenters. The van der Waals surface area contributed by atoms with Crippen molar-refractivity contribution in [3.63, 3.8) is 0 Å². The van der Waals surface area contributed by atoms with Gasteiger partial charge in [0.1, 0.15) is 11.4 Å². The first-order valence-corrected chi connectivity index (χ1v) is 8.53. The molecule has 4 N–H and O–H groups in total. The van der Waals surface area contributed by atoms with E-state index in [2.05, 4.69) is 10.6 Å². The predicted molar refractivity (Wildman–Crippen MR) is 100.0 cm³/mol. The maximum atomic E-state index is 14.3. The summed E-state index contributed by atoms with van der Waals surface area (Å²) < 4.78 is 20.0. The Morgan fingerprint density at radius 1 is 1.42 bits per heavy atom. The van der Waals surface area contributed by atoms with Crippen molar-refractivity contribution in [1.82, 2.24) is 0 Å². The molecule has 1 aromatic rings. The number of nitrogens with two attached hydrogens (primary N) is 1. The SMILES string of the molecule is CCOC1CC(N)(C(=O)Nc2cc3c(cc2F)CCC(=O)N3)C1(C)C.Cl. The predicted octanol–water partition coefficient (Wildman–Crippen LogP) is 2.60. The zero-order valence-corrected chi connectivity index (χ0v) is 16.0. The van der Waals surface area contributed by atoms with E-state index in [4.69, 9.17) is 10.5 Å². The largest absolute Gasteiger partial charge is 0.378 e. The van der Waals surface area contributed by atoms with Crippen LogP contribution in [0.1, 0.15) is 39.2 Å². The van der Waals surface area contributed by atoms with Crippen LogP contribution in [-0.2, 0) is 20.7 Å². The Balaban J connectivity index is 0.00000243. The molecule has 2 aliphatic rings. The topological polar surface area (TPSA) is 93.4 Å². The summed E-state index contributed by atoms with van der Waals surface area (Å²) in [4.78, 5) is 24.2. The Morgan fingerprint density at radius 3 is 2.73 bits per heavy atom. The average Bonchev–Trinajstić information content (AvgIpc) is 2.55. The van der Waals surface area contributed by atoms with Gasteiger partial charge in [0.15, 0.2) is 0 Å². The number of fused-ring (bicyclic) bond motifs is 1. The zero-order chi connectivity index (χ0) is 18.4. The average molecular weight is 386 g/mol. The smallest absolute Gasteiger partial charge is 0.245 e. The van der Waals surface area contributed by atoms with Gasteiger partial charge in [0.2, 0.25) is 11.8 Å². The van der Waals surface area contributed by atoms with Crippen molar-refractivity contribution in [2.45, 2.75) is 51.7 Å². The number of hydrogen-bond acceptors (Lipinski definition) is 4. The first-order valence-electron chi connectivity index (χ1n) is 8.53. The van der Waals surface area contributed by atoms with Crippen molar-refractivity contribution in [2.75, 3.05) is 17.2 Å². The van der Waals surface area contributed by atoms with Gasteiger partial charge in [-0.1, -0.05) is 13.8 Å². The lowest BCUT2D eigenvalue weighted by Gasteiger charge is -2.57. The highest BCUT2D eigenvalue weighted by Gasteiger charge is 2.62. The maximum absolute atomic E-state index is 14.3. The van der Waals surface area contributed by atoms with Crippen LogP contribution < -0.4 is 16.4 Å². The summed E-state index contributed by atoms with van der Waals surface area (Å²) in [5.74, 6) is -1.11. The third-order valence-corrected chi connectivity index (χ3v) is 5.57. The minimum Gasteiger partial charge on any atom is -0.378 e. The highest BCUT2D eigenvalue weighted by atomic mass is 35.5. The number of rotatable bonds is 4. The summed E-state index contributed by atoms with van der Waals surface area (Å²) in [5, 5.41) is 5.29. The van der Waals surface area contributed by atoms with Crippen LogP contribution in [0.2, 0.25) is 0 Å². The van der Waals surface area contributed by atoms with E-state index in [0.717, 1.165) is 5.56 Å². The second kappa shape index (κ2) is 7.13. The van der Waals surface area contributed by atoms with Gasteiger partial charge >= 0.3 is 0 Å². The van der Waals surface area contributed by atoms with Crippen molar-refractivity contribution in [2.24, 2.45) is 11.1 Å². The van der Waals surface area contributed by atoms with E-state index in [-0.39, 0.29) is 30.1 Å². The van der Waals surface area contributed by atoms with Crippen molar-refractivity contribution in [3.8, 4) is 0 Å². The molecule has 0 bridgehead atoms. The Morgan fingerprint density at radius 2 is 2.12 bits per heavy atom. The molecule has 8 heteroatoms. The number of carbonyl (C=O) groups is 2. The van der Waals surface area contributed by atoms with Crippen LogP contribution in [0.5, 0.6) is 0 Å². The van der Waals surface area contributed by atoms with E-state index in [9.17, 15) is 14.0 Å². The van der Waals surface area contributed by atoms with Gasteiger partial charge in [-0.05, 0) is 31.0 Å². The van der Waals surface area contributed by atoms with E-state index >= 15 is 0 Å². The van der Waals surface area contributed by atoms with Crippen LogP contribution in [0.3, 0.4) is 0 Å². The van der Waals surface area contributed by atoms with Crippen molar-refractivity contribution in [1.29, 1.82) is 0 Å².